The summed E-state index contributed by atoms with van der Waals surface area (Å²) in [6, 6.07) is 11.4. The normalized spacial score (nSPS) is 11.7. The van der Waals surface area contributed by atoms with Crippen molar-refractivity contribution in [2.75, 3.05) is 6.54 Å². The molecule has 5 nitrogen and oxygen atoms in total. The molecule has 0 saturated heterocycles. The fourth-order valence-corrected chi connectivity index (χ4v) is 3.85. The molecule has 1 unspecified atom stereocenters. The molecule has 7 heteroatoms. The van der Waals surface area contributed by atoms with Crippen molar-refractivity contribution >= 4 is 29.5 Å². The number of terminal acetylenes is 1. The molecule has 3 aromatic rings. The summed E-state index contributed by atoms with van der Waals surface area (Å²) in [4.78, 5) is 15.8. The Labute approximate surface area is 167 Å². The van der Waals surface area contributed by atoms with Crippen LogP contribution >= 0.6 is 23.6 Å². The number of amides is 1. The fraction of sp³-hybridized carbons (Fsp3) is 0.250. The Hall–Kier alpha value is -2.69. The second-order valence-electron chi connectivity index (χ2n) is 6.26. The fourth-order valence-electron chi connectivity index (χ4n) is 2.85. The highest BCUT2D eigenvalue weighted by Gasteiger charge is 2.25. The van der Waals surface area contributed by atoms with Gasteiger partial charge in [0.25, 0.3) is 0 Å². The topological polar surface area (TPSA) is 53.9 Å². The molecule has 0 aliphatic rings. The minimum atomic E-state index is -0.521. The van der Waals surface area contributed by atoms with Gasteiger partial charge in [-0.15, -0.1) is 17.8 Å². The number of nitrogens with zero attached hydrogens (tertiary/aromatic N) is 3. The van der Waals surface area contributed by atoms with Crippen LogP contribution < -0.4 is 0 Å². The number of nitrogens with one attached hydrogen (secondary N) is 1. The average molecular weight is 397 g/mol. The monoisotopic (exact) mass is 396 g/mol. The highest BCUT2D eigenvalue weighted by atomic mass is 32.1. The molecule has 2 aromatic heterocycles. The van der Waals surface area contributed by atoms with Gasteiger partial charge in [0, 0.05) is 6.54 Å². The molecule has 0 bridgehead atoms. The van der Waals surface area contributed by atoms with Gasteiger partial charge in [0.2, 0.25) is 5.91 Å². The summed E-state index contributed by atoms with van der Waals surface area (Å²) in [5.74, 6) is 3.15. The molecule has 0 saturated carbocycles. The first-order valence-corrected chi connectivity index (χ1v) is 9.78. The Morgan fingerprint density at radius 1 is 1.41 bits per heavy atom. The van der Waals surface area contributed by atoms with Gasteiger partial charge in [-0.3, -0.25) is 14.5 Å². The van der Waals surface area contributed by atoms with Crippen LogP contribution in [0.5, 0.6) is 0 Å². The van der Waals surface area contributed by atoms with E-state index in [9.17, 15) is 4.79 Å². The first-order chi connectivity index (χ1) is 13.0. The molecular weight excluding hydrogens is 376 g/mol. The van der Waals surface area contributed by atoms with Crippen molar-refractivity contribution in [1.29, 1.82) is 0 Å². The first-order valence-electron chi connectivity index (χ1n) is 8.50. The third kappa shape index (κ3) is 4.18. The second kappa shape index (κ2) is 8.33. The number of aromatic nitrogens is 3. The van der Waals surface area contributed by atoms with E-state index in [1.165, 1.54) is 5.56 Å². The smallest absolute Gasteiger partial charge is 0.246 e. The van der Waals surface area contributed by atoms with Crippen LogP contribution in [-0.4, -0.2) is 32.1 Å². The van der Waals surface area contributed by atoms with Crippen LogP contribution in [0.3, 0.4) is 0 Å². The summed E-state index contributed by atoms with van der Waals surface area (Å²) in [6.07, 6.45) is 5.51. The average Bonchev–Trinajstić information content (AvgIpc) is 3.31. The maximum atomic E-state index is 13.2. The van der Waals surface area contributed by atoms with Crippen molar-refractivity contribution in [3.8, 4) is 23.0 Å². The molecule has 0 aliphatic carbocycles. The molecular formula is C20H20N4OS2. The minimum absolute atomic E-state index is 0.0937. The van der Waals surface area contributed by atoms with Crippen LogP contribution in [0, 0.1) is 24.0 Å². The molecule has 1 amide bonds. The number of hydrogen-bond donors (Lipinski definition) is 1. The van der Waals surface area contributed by atoms with Gasteiger partial charge >= 0.3 is 0 Å². The van der Waals surface area contributed by atoms with E-state index >= 15 is 0 Å². The number of H-pyrrole nitrogens is 1. The summed E-state index contributed by atoms with van der Waals surface area (Å²) < 4.78 is 2.16. The quantitative estimate of drug-likeness (QED) is 0.502. The van der Waals surface area contributed by atoms with E-state index in [-0.39, 0.29) is 12.5 Å². The van der Waals surface area contributed by atoms with Crippen molar-refractivity contribution in [1.82, 2.24) is 19.7 Å². The van der Waals surface area contributed by atoms with Gasteiger partial charge in [0.05, 0.1) is 11.4 Å². The molecule has 1 atom stereocenters. The van der Waals surface area contributed by atoms with E-state index in [4.69, 9.17) is 18.6 Å². The SMILES string of the molecule is C#CCN(Cc1ccc(C)cc1)C(=O)C(C)n1c(-c2cccs2)n[nH]c1=S. The number of hydrogen-bond acceptors (Lipinski definition) is 4. The zero-order valence-electron chi connectivity index (χ0n) is 15.2. The number of benzene rings is 1. The molecule has 0 aliphatic heterocycles. The summed E-state index contributed by atoms with van der Waals surface area (Å²) in [5.41, 5.74) is 2.21. The maximum Gasteiger partial charge on any atom is 0.246 e. The van der Waals surface area contributed by atoms with Crippen LogP contribution in [0.25, 0.3) is 10.7 Å². The van der Waals surface area contributed by atoms with Gasteiger partial charge in [0.1, 0.15) is 6.04 Å². The van der Waals surface area contributed by atoms with Crippen molar-refractivity contribution in [3.63, 3.8) is 0 Å². The standard InChI is InChI=1S/C20H20N4OS2/c1-4-11-23(13-16-9-7-14(2)8-10-16)19(25)15(3)24-18(21-22-20(24)26)17-6-5-12-27-17/h1,5-10,12,15H,11,13H2,2-3H3,(H,22,26). The number of thiophene rings is 1. The molecule has 0 radical (unpaired) electrons. The third-order valence-electron chi connectivity index (χ3n) is 4.28. The highest BCUT2D eigenvalue weighted by molar-refractivity contribution is 7.71. The van der Waals surface area contributed by atoms with Crippen LogP contribution in [0.1, 0.15) is 24.1 Å². The van der Waals surface area contributed by atoms with Gasteiger partial charge < -0.3 is 4.90 Å². The number of rotatable bonds is 6. The summed E-state index contributed by atoms with van der Waals surface area (Å²) >= 11 is 6.92. The number of aromatic amines is 1. The van der Waals surface area contributed by atoms with Crippen molar-refractivity contribution in [3.05, 3.63) is 57.7 Å². The number of carbonyl (C=O) groups excluding carboxylic acids is 1. The van der Waals surface area contributed by atoms with E-state index in [1.54, 1.807) is 20.8 Å². The van der Waals surface area contributed by atoms with Gasteiger partial charge in [-0.05, 0) is 43.1 Å². The zero-order valence-corrected chi connectivity index (χ0v) is 16.8. The Morgan fingerprint density at radius 3 is 2.78 bits per heavy atom. The van der Waals surface area contributed by atoms with Gasteiger partial charge in [-0.25, -0.2) is 0 Å². The first kappa shape index (κ1) is 19.1. The van der Waals surface area contributed by atoms with E-state index in [2.05, 4.69) is 16.1 Å². The van der Waals surface area contributed by atoms with Crippen molar-refractivity contribution < 1.29 is 4.79 Å². The highest BCUT2D eigenvalue weighted by Crippen LogP contribution is 2.26. The molecule has 3 rings (SSSR count). The summed E-state index contributed by atoms with van der Waals surface area (Å²) in [7, 11) is 0. The Morgan fingerprint density at radius 2 is 2.15 bits per heavy atom. The van der Waals surface area contributed by atoms with Crippen LogP contribution in [0.4, 0.5) is 0 Å². The number of carbonyl (C=O) groups is 1. The lowest BCUT2D eigenvalue weighted by molar-refractivity contribution is -0.134. The summed E-state index contributed by atoms with van der Waals surface area (Å²) in [6.45, 7) is 4.54. The largest absolute Gasteiger partial charge is 0.325 e. The molecule has 0 fully saturated rings. The molecule has 2 heterocycles. The van der Waals surface area contributed by atoms with E-state index in [0.717, 1.165) is 10.4 Å². The van der Waals surface area contributed by atoms with Gasteiger partial charge in [-0.1, -0.05) is 41.8 Å². The van der Waals surface area contributed by atoms with Crippen molar-refractivity contribution in [2.24, 2.45) is 0 Å². The van der Waals surface area contributed by atoms with E-state index in [1.807, 2.05) is 55.6 Å². The molecule has 138 valence electrons. The molecule has 0 spiro atoms. The second-order valence-corrected chi connectivity index (χ2v) is 7.59. The maximum absolute atomic E-state index is 13.2. The zero-order chi connectivity index (χ0) is 19.4. The lowest BCUT2D eigenvalue weighted by atomic mass is 10.1. The number of aryl methyl sites for hydroxylation is 1. The Bertz CT molecular complexity index is 1010. The summed E-state index contributed by atoms with van der Waals surface area (Å²) in [5, 5.41) is 9.07. The van der Waals surface area contributed by atoms with E-state index < -0.39 is 6.04 Å². The lowest BCUT2D eigenvalue weighted by Crippen LogP contribution is -2.36. The molecule has 1 N–H and O–H groups in total. The van der Waals surface area contributed by atoms with Crippen LogP contribution in [0.2, 0.25) is 0 Å². The predicted octanol–water partition coefficient (Wildman–Crippen LogP) is 4.20. The lowest BCUT2D eigenvalue weighted by Gasteiger charge is -2.25. The molecule has 27 heavy (non-hydrogen) atoms. The van der Waals surface area contributed by atoms with Crippen LogP contribution in [0.15, 0.2) is 41.8 Å². The third-order valence-corrected chi connectivity index (χ3v) is 5.43. The van der Waals surface area contributed by atoms with E-state index in [0.29, 0.717) is 17.1 Å². The predicted molar refractivity (Wildman–Crippen MR) is 111 cm³/mol. The molecule has 1 aromatic carbocycles. The van der Waals surface area contributed by atoms with Gasteiger partial charge in [-0.2, -0.15) is 5.10 Å². The minimum Gasteiger partial charge on any atom is -0.325 e. The van der Waals surface area contributed by atoms with Crippen molar-refractivity contribution in [2.45, 2.75) is 26.4 Å². The van der Waals surface area contributed by atoms with Gasteiger partial charge in [0.15, 0.2) is 10.6 Å². The van der Waals surface area contributed by atoms with Crippen LogP contribution in [-0.2, 0) is 11.3 Å². The Kier molecular flexibility index (Phi) is 5.89. The Balaban J connectivity index is 1.88.